The highest BCUT2D eigenvalue weighted by molar-refractivity contribution is 6.46. The van der Waals surface area contributed by atoms with Gasteiger partial charge in [-0.1, -0.05) is 48.5 Å². The van der Waals surface area contributed by atoms with Gasteiger partial charge < -0.3 is 19.5 Å². The zero-order chi connectivity index (χ0) is 25.8. The second-order valence-electron chi connectivity index (χ2n) is 8.48. The number of hydrogen-bond donors (Lipinski definition) is 1. The summed E-state index contributed by atoms with van der Waals surface area (Å²) in [5, 5.41) is 11.4. The Hall–Kier alpha value is -4.91. The molecule has 1 aliphatic rings. The van der Waals surface area contributed by atoms with E-state index in [1.165, 1.54) is 12.0 Å². The molecular formula is C30H24N2O5. The molecule has 5 rings (SSSR count). The summed E-state index contributed by atoms with van der Waals surface area (Å²) in [4.78, 5) is 32.3. The third-order valence-corrected chi connectivity index (χ3v) is 6.13. The predicted molar refractivity (Wildman–Crippen MR) is 138 cm³/mol. The fourth-order valence-corrected chi connectivity index (χ4v) is 4.44. The lowest BCUT2D eigenvalue weighted by Crippen LogP contribution is -2.29. The first kappa shape index (κ1) is 23.8. The van der Waals surface area contributed by atoms with E-state index in [2.05, 4.69) is 4.98 Å². The van der Waals surface area contributed by atoms with Crippen LogP contribution in [0.25, 0.3) is 5.76 Å². The van der Waals surface area contributed by atoms with Crippen molar-refractivity contribution in [2.24, 2.45) is 0 Å². The van der Waals surface area contributed by atoms with Gasteiger partial charge >= 0.3 is 0 Å². The van der Waals surface area contributed by atoms with E-state index in [1.807, 2.05) is 36.4 Å². The van der Waals surface area contributed by atoms with Crippen LogP contribution < -0.4 is 9.47 Å². The van der Waals surface area contributed by atoms with E-state index in [9.17, 15) is 14.7 Å². The van der Waals surface area contributed by atoms with Crippen LogP contribution in [0.3, 0.4) is 0 Å². The first-order chi connectivity index (χ1) is 18.1. The quantitative estimate of drug-likeness (QED) is 0.208. The van der Waals surface area contributed by atoms with Crippen LogP contribution in [0.5, 0.6) is 17.2 Å². The molecule has 3 aromatic carbocycles. The minimum absolute atomic E-state index is 0.0183. The monoisotopic (exact) mass is 492 g/mol. The van der Waals surface area contributed by atoms with E-state index >= 15 is 0 Å². The van der Waals surface area contributed by atoms with Gasteiger partial charge in [-0.2, -0.15) is 0 Å². The van der Waals surface area contributed by atoms with E-state index in [0.717, 1.165) is 5.56 Å². The number of aromatic nitrogens is 1. The number of carbonyl (C=O) groups excluding carboxylic acids is 2. The van der Waals surface area contributed by atoms with Gasteiger partial charge in [0.1, 0.15) is 23.0 Å². The van der Waals surface area contributed by atoms with Crippen LogP contribution in [0.2, 0.25) is 0 Å². The number of methoxy groups -OCH3 is 1. The Morgan fingerprint density at radius 1 is 0.919 bits per heavy atom. The van der Waals surface area contributed by atoms with Gasteiger partial charge in [0.2, 0.25) is 0 Å². The summed E-state index contributed by atoms with van der Waals surface area (Å²) in [5.74, 6) is -0.209. The number of pyridine rings is 1. The Morgan fingerprint density at radius 3 is 2.43 bits per heavy atom. The van der Waals surface area contributed by atoms with Crippen LogP contribution in [0.4, 0.5) is 0 Å². The minimum atomic E-state index is -0.857. The molecule has 37 heavy (non-hydrogen) atoms. The SMILES string of the molecule is COc1ccccc1/C(O)=C1/C(=O)C(=O)N(Cc2cccnc2)C1c1cccc(Oc2ccccc2)c1. The van der Waals surface area contributed by atoms with Crippen molar-refractivity contribution in [2.45, 2.75) is 12.6 Å². The number of likely N-dealkylation sites (tertiary alicyclic amines) is 1. The highest BCUT2D eigenvalue weighted by Gasteiger charge is 2.46. The number of rotatable bonds is 7. The van der Waals surface area contributed by atoms with Crippen LogP contribution >= 0.6 is 0 Å². The highest BCUT2D eigenvalue weighted by atomic mass is 16.5. The van der Waals surface area contributed by atoms with E-state index < -0.39 is 17.7 Å². The fraction of sp³-hybridized carbons (Fsp3) is 0.100. The average Bonchev–Trinajstić information content (AvgIpc) is 3.19. The molecule has 7 heteroatoms. The number of hydrogen-bond acceptors (Lipinski definition) is 6. The number of amides is 1. The van der Waals surface area contributed by atoms with Gasteiger partial charge in [0.15, 0.2) is 0 Å². The number of aliphatic hydroxyl groups is 1. The Balaban J connectivity index is 1.64. The minimum Gasteiger partial charge on any atom is -0.507 e. The Labute approximate surface area is 214 Å². The summed E-state index contributed by atoms with van der Waals surface area (Å²) in [6.45, 7) is 0.134. The number of carbonyl (C=O) groups is 2. The Kier molecular flexibility index (Phi) is 6.68. The third kappa shape index (κ3) is 4.79. The van der Waals surface area contributed by atoms with Crippen molar-refractivity contribution < 1.29 is 24.2 Å². The molecule has 1 aliphatic heterocycles. The topological polar surface area (TPSA) is 89.0 Å². The van der Waals surface area contributed by atoms with Crippen LogP contribution in [0.1, 0.15) is 22.7 Å². The zero-order valence-electron chi connectivity index (χ0n) is 20.1. The standard InChI is InChI=1S/C30H24N2O5/c1-36-25-15-6-5-14-24(25)28(33)26-27(32(30(35)29(26)34)19-20-9-8-16-31-18-20)21-10-7-13-23(17-21)37-22-11-3-2-4-12-22/h2-18,27,33H,19H2,1H3/b28-26-. The maximum Gasteiger partial charge on any atom is 0.295 e. The maximum atomic E-state index is 13.4. The second kappa shape index (κ2) is 10.4. The number of ether oxygens (including phenoxy) is 2. The van der Waals surface area contributed by atoms with Crippen molar-refractivity contribution in [3.05, 3.63) is 126 Å². The number of aliphatic hydroxyl groups excluding tert-OH is 1. The summed E-state index contributed by atoms with van der Waals surface area (Å²) in [5.41, 5.74) is 1.68. The molecule has 1 saturated heterocycles. The second-order valence-corrected chi connectivity index (χ2v) is 8.48. The summed E-state index contributed by atoms with van der Waals surface area (Å²) >= 11 is 0. The van der Waals surface area contributed by atoms with Crippen LogP contribution in [0.15, 0.2) is 109 Å². The number of ketones is 1. The number of Topliss-reactive ketones (excluding diaryl/α,β-unsaturated/α-hetero) is 1. The first-order valence-corrected chi connectivity index (χ1v) is 11.7. The molecule has 1 N–H and O–H groups in total. The lowest BCUT2D eigenvalue weighted by Gasteiger charge is -2.26. The van der Waals surface area contributed by atoms with Crippen molar-refractivity contribution in [3.63, 3.8) is 0 Å². The Morgan fingerprint density at radius 2 is 1.68 bits per heavy atom. The molecule has 0 aliphatic carbocycles. The molecule has 1 amide bonds. The summed E-state index contributed by atoms with van der Waals surface area (Å²) in [6, 6.07) is 26.0. The van der Waals surface area contributed by atoms with Gasteiger partial charge in [0.05, 0.1) is 24.3 Å². The van der Waals surface area contributed by atoms with Crippen molar-refractivity contribution >= 4 is 17.4 Å². The number of nitrogens with zero attached hydrogens (tertiary/aromatic N) is 2. The third-order valence-electron chi connectivity index (χ3n) is 6.13. The number of benzene rings is 3. The molecule has 1 unspecified atom stereocenters. The average molecular weight is 493 g/mol. The number of para-hydroxylation sites is 2. The van der Waals surface area contributed by atoms with E-state index in [1.54, 1.807) is 67.0 Å². The molecule has 0 saturated carbocycles. The van der Waals surface area contributed by atoms with Crippen LogP contribution in [0, 0.1) is 0 Å². The zero-order valence-corrected chi connectivity index (χ0v) is 20.1. The summed E-state index contributed by atoms with van der Waals surface area (Å²) < 4.78 is 11.4. The van der Waals surface area contributed by atoms with Crippen molar-refractivity contribution in [1.82, 2.24) is 9.88 Å². The molecule has 2 heterocycles. The highest BCUT2D eigenvalue weighted by Crippen LogP contribution is 2.42. The van der Waals surface area contributed by atoms with Crippen molar-refractivity contribution in [1.29, 1.82) is 0 Å². The molecule has 0 bridgehead atoms. The van der Waals surface area contributed by atoms with Crippen molar-refractivity contribution in [3.8, 4) is 17.2 Å². The molecule has 7 nitrogen and oxygen atoms in total. The largest absolute Gasteiger partial charge is 0.507 e. The first-order valence-electron chi connectivity index (χ1n) is 11.7. The van der Waals surface area contributed by atoms with Gasteiger partial charge in [0.25, 0.3) is 11.7 Å². The Bertz CT molecular complexity index is 1470. The van der Waals surface area contributed by atoms with E-state index in [0.29, 0.717) is 28.4 Å². The van der Waals surface area contributed by atoms with Gasteiger partial charge in [-0.3, -0.25) is 14.6 Å². The molecule has 184 valence electrons. The lowest BCUT2D eigenvalue weighted by molar-refractivity contribution is -0.140. The summed E-state index contributed by atoms with van der Waals surface area (Å²) in [7, 11) is 1.48. The van der Waals surface area contributed by atoms with Crippen LogP contribution in [-0.4, -0.2) is 33.8 Å². The molecule has 1 atom stereocenters. The molecule has 4 aromatic rings. The molecule has 1 fully saturated rings. The van der Waals surface area contributed by atoms with Crippen molar-refractivity contribution in [2.75, 3.05) is 7.11 Å². The molecule has 0 radical (unpaired) electrons. The molecule has 1 aromatic heterocycles. The normalized spacial score (nSPS) is 16.6. The van der Waals surface area contributed by atoms with Gasteiger partial charge in [-0.25, -0.2) is 0 Å². The van der Waals surface area contributed by atoms with Gasteiger partial charge in [-0.15, -0.1) is 0 Å². The molecular weight excluding hydrogens is 468 g/mol. The fourth-order valence-electron chi connectivity index (χ4n) is 4.44. The summed E-state index contributed by atoms with van der Waals surface area (Å²) in [6.07, 6.45) is 3.28. The van der Waals surface area contributed by atoms with Crippen LogP contribution in [-0.2, 0) is 16.1 Å². The maximum absolute atomic E-state index is 13.4. The van der Waals surface area contributed by atoms with Gasteiger partial charge in [0, 0.05) is 18.9 Å². The molecule has 0 spiro atoms. The predicted octanol–water partition coefficient (Wildman–Crippen LogP) is 5.50. The van der Waals surface area contributed by atoms with E-state index in [4.69, 9.17) is 9.47 Å². The smallest absolute Gasteiger partial charge is 0.295 e. The van der Waals surface area contributed by atoms with E-state index in [-0.39, 0.29) is 17.9 Å². The lowest BCUT2D eigenvalue weighted by atomic mass is 9.94. The van der Waals surface area contributed by atoms with Gasteiger partial charge in [-0.05, 0) is 53.6 Å².